The van der Waals surface area contributed by atoms with Gasteiger partial charge in [0.25, 0.3) is 0 Å². The maximum atomic E-state index is 5.23. The number of hydrogen-bond donors (Lipinski definition) is 0. The van der Waals surface area contributed by atoms with E-state index in [1.165, 1.54) is 0 Å². The highest BCUT2D eigenvalue weighted by Crippen LogP contribution is 2.19. The van der Waals surface area contributed by atoms with E-state index in [1.807, 2.05) is 69.7 Å². The third-order valence-corrected chi connectivity index (χ3v) is 3.13. The molecule has 0 spiro atoms. The van der Waals surface area contributed by atoms with E-state index in [9.17, 15) is 0 Å². The first-order valence-electron chi connectivity index (χ1n) is 7.13. The van der Waals surface area contributed by atoms with Crippen LogP contribution in [0.25, 0.3) is 0 Å². The quantitative estimate of drug-likeness (QED) is 0.296. The standard InChI is InChI=1S/C18H23N2O2.HI/c1-20(2,3)19-18(14-6-10-16(21-4)11-7-14)15-8-12-17(22-5)13-9-15;/h6-13H,1-5H3;1H/q+1;/p-1. The number of rotatable bonds is 5. The van der Waals surface area contributed by atoms with Crippen LogP contribution < -0.4 is 33.5 Å². The fourth-order valence-corrected chi connectivity index (χ4v) is 2.08. The van der Waals surface area contributed by atoms with Crippen molar-refractivity contribution in [3.8, 4) is 11.5 Å². The van der Waals surface area contributed by atoms with Gasteiger partial charge in [-0.15, -0.1) is 0 Å². The third-order valence-electron chi connectivity index (χ3n) is 3.13. The summed E-state index contributed by atoms with van der Waals surface area (Å²) in [5.74, 6) is 1.67. The highest BCUT2D eigenvalue weighted by molar-refractivity contribution is 6.12. The van der Waals surface area contributed by atoms with Crippen LogP contribution in [0.2, 0.25) is 0 Å². The molecule has 0 bridgehead atoms. The second-order valence-electron chi connectivity index (χ2n) is 5.85. The largest absolute Gasteiger partial charge is 1.00 e. The maximum Gasteiger partial charge on any atom is 0.133 e. The van der Waals surface area contributed by atoms with E-state index in [4.69, 9.17) is 14.6 Å². The summed E-state index contributed by atoms with van der Waals surface area (Å²) in [6.07, 6.45) is 0. The first-order chi connectivity index (χ1) is 10.4. The highest BCUT2D eigenvalue weighted by atomic mass is 127. The molecule has 0 aromatic heterocycles. The number of ether oxygens (including phenoxy) is 2. The molecule has 0 aliphatic rings. The molecule has 0 saturated heterocycles. The second kappa shape index (κ2) is 8.31. The lowest BCUT2D eigenvalue weighted by Gasteiger charge is -2.18. The summed E-state index contributed by atoms with van der Waals surface area (Å²) in [7, 11) is 9.44. The Morgan fingerprint density at radius 1 is 0.739 bits per heavy atom. The molecule has 23 heavy (non-hydrogen) atoms. The SMILES string of the molecule is COc1ccc(C(=N[N+](C)(C)C)c2ccc(OC)cc2)cc1.[I-]. The minimum Gasteiger partial charge on any atom is -1.00 e. The van der Waals surface area contributed by atoms with Gasteiger partial charge in [0.15, 0.2) is 0 Å². The molecule has 0 aliphatic heterocycles. The zero-order chi connectivity index (χ0) is 16.2. The molecule has 2 rings (SSSR count). The van der Waals surface area contributed by atoms with Gasteiger partial charge in [-0.2, -0.15) is 0 Å². The zero-order valence-electron chi connectivity index (χ0n) is 14.2. The van der Waals surface area contributed by atoms with Crippen LogP contribution in [0.4, 0.5) is 0 Å². The van der Waals surface area contributed by atoms with Crippen molar-refractivity contribution in [3.63, 3.8) is 0 Å². The van der Waals surface area contributed by atoms with Crippen molar-refractivity contribution in [1.29, 1.82) is 0 Å². The van der Waals surface area contributed by atoms with E-state index in [1.54, 1.807) is 14.2 Å². The lowest BCUT2D eigenvalue weighted by atomic mass is 10.0. The van der Waals surface area contributed by atoms with Gasteiger partial charge in [0.05, 0.1) is 35.4 Å². The van der Waals surface area contributed by atoms with Crippen LogP contribution in [-0.2, 0) is 0 Å². The second-order valence-corrected chi connectivity index (χ2v) is 5.85. The Morgan fingerprint density at radius 3 is 1.35 bits per heavy atom. The maximum absolute atomic E-state index is 5.23. The third kappa shape index (κ3) is 5.51. The van der Waals surface area contributed by atoms with Crippen LogP contribution in [0.1, 0.15) is 11.1 Å². The summed E-state index contributed by atoms with van der Waals surface area (Å²) in [6, 6.07) is 15.9. The van der Waals surface area contributed by atoms with E-state index in [2.05, 4.69) is 0 Å². The lowest BCUT2D eigenvalue weighted by molar-refractivity contribution is -0.877. The minimum absolute atomic E-state index is 0. The molecule has 0 saturated carbocycles. The Balaban J connectivity index is 0.00000264. The van der Waals surface area contributed by atoms with Gasteiger partial charge in [-0.05, 0) is 48.5 Å². The zero-order valence-corrected chi connectivity index (χ0v) is 16.4. The van der Waals surface area contributed by atoms with Gasteiger partial charge in [0.1, 0.15) is 17.2 Å². The molecule has 0 atom stereocenters. The summed E-state index contributed by atoms with van der Waals surface area (Å²) in [5, 5.41) is 4.83. The molecule has 0 radical (unpaired) electrons. The topological polar surface area (TPSA) is 30.8 Å². The van der Waals surface area contributed by atoms with Gasteiger partial charge in [0.2, 0.25) is 0 Å². The normalized spacial score (nSPS) is 10.5. The predicted molar refractivity (Wildman–Crippen MR) is 89.7 cm³/mol. The van der Waals surface area contributed by atoms with E-state index >= 15 is 0 Å². The van der Waals surface area contributed by atoms with Crippen LogP contribution >= 0.6 is 0 Å². The molecular formula is C18H23IN2O2. The monoisotopic (exact) mass is 426 g/mol. The smallest absolute Gasteiger partial charge is 0.133 e. The Hall–Kier alpha value is -1.60. The molecule has 2 aromatic carbocycles. The molecule has 0 fully saturated rings. The van der Waals surface area contributed by atoms with Gasteiger partial charge in [-0.25, -0.2) is 4.59 Å². The Labute approximate surface area is 155 Å². The number of halogens is 1. The minimum atomic E-state index is 0. The van der Waals surface area contributed by atoms with Crippen molar-refractivity contribution in [2.45, 2.75) is 0 Å². The van der Waals surface area contributed by atoms with E-state index in [0.717, 1.165) is 28.3 Å². The number of methoxy groups -OCH3 is 2. The molecule has 5 heteroatoms. The summed E-state index contributed by atoms with van der Waals surface area (Å²) < 4.78 is 10.9. The van der Waals surface area contributed by atoms with Crippen molar-refractivity contribution in [3.05, 3.63) is 59.7 Å². The predicted octanol–water partition coefficient (Wildman–Crippen LogP) is 0.166. The number of benzene rings is 2. The summed E-state index contributed by atoms with van der Waals surface area (Å²) in [5.41, 5.74) is 3.05. The fourth-order valence-electron chi connectivity index (χ4n) is 2.08. The van der Waals surface area contributed by atoms with Gasteiger partial charge < -0.3 is 33.5 Å². The summed E-state index contributed by atoms with van der Waals surface area (Å²) >= 11 is 0. The number of quaternary nitrogens is 1. The molecule has 4 nitrogen and oxygen atoms in total. The van der Waals surface area contributed by atoms with Gasteiger partial charge in [-0.3, -0.25) is 0 Å². The average molecular weight is 426 g/mol. The van der Waals surface area contributed by atoms with Gasteiger partial charge in [0, 0.05) is 11.1 Å². The summed E-state index contributed by atoms with van der Waals surface area (Å²) in [4.78, 5) is 0. The molecule has 124 valence electrons. The van der Waals surface area contributed by atoms with Crippen LogP contribution in [0.15, 0.2) is 53.6 Å². The van der Waals surface area contributed by atoms with E-state index < -0.39 is 0 Å². The van der Waals surface area contributed by atoms with Crippen molar-refractivity contribution < 1.29 is 38.0 Å². The molecular weight excluding hydrogens is 403 g/mol. The van der Waals surface area contributed by atoms with Crippen LogP contribution in [0.3, 0.4) is 0 Å². The fraction of sp³-hybridized carbons (Fsp3) is 0.278. The van der Waals surface area contributed by atoms with Crippen molar-refractivity contribution in [2.24, 2.45) is 5.10 Å². The summed E-state index contributed by atoms with van der Waals surface area (Å²) in [6.45, 7) is 0. The molecule has 0 aliphatic carbocycles. The van der Waals surface area contributed by atoms with Crippen molar-refractivity contribution in [1.82, 2.24) is 0 Å². The first-order valence-corrected chi connectivity index (χ1v) is 7.13. The Bertz CT molecular complexity index is 595. The molecule has 0 unspecified atom stereocenters. The first kappa shape index (κ1) is 19.4. The van der Waals surface area contributed by atoms with Crippen LogP contribution in [0, 0.1) is 0 Å². The number of hydrogen-bond acceptors (Lipinski definition) is 3. The van der Waals surface area contributed by atoms with Crippen LogP contribution in [0.5, 0.6) is 11.5 Å². The van der Waals surface area contributed by atoms with Crippen LogP contribution in [-0.4, -0.2) is 45.7 Å². The molecule has 0 heterocycles. The van der Waals surface area contributed by atoms with Crippen molar-refractivity contribution in [2.75, 3.05) is 35.4 Å². The highest BCUT2D eigenvalue weighted by Gasteiger charge is 2.14. The lowest BCUT2D eigenvalue weighted by Crippen LogP contribution is -3.00. The molecule has 2 aromatic rings. The number of nitrogens with zero attached hydrogens (tertiary/aromatic N) is 2. The van der Waals surface area contributed by atoms with Gasteiger partial charge in [-0.1, -0.05) is 5.10 Å². The van der Waals surface area contributed by atoms with E-state index in [0.29, 0.717) is 4.59 Å². The molecule has 0 N–H and O–H groups in total. The molecule has 0 amide bonds. The average Bonchev–Trinajstić information content (AvgIpc) is 2.52. The Morgan fingerprint density at radius 2 is 1.09 bits per heavy atom. The van der Waals surface area contributed by atoms with Gasteiger partial charge >= 0.3 is 0 Å². The Kier molecular flexibility index (Phi) is 7.02. The van der Waals surface area contributed by atoms with Crippen molar-refractivity contribution >= 4 is 5.71 Å². The van der Waals surface area contributed by atoms with E-state index in [-0.39, 0.29) is 24.0 Å².